The lowest BCUT2D eigenvalue weighted by molar-refractivity contribution is -0.139. The van der Waals surface area contributed by atoms with Crippen LogP contribution in [-0.4, -0.2) is 57.1 Å². The number of amidine groups is 2. The first-order chi connectivity index (χ1) is 13.1. The van der Waals surface area contributed by atoms with Crippen LogP contribution in [0, 0.1) is 0 Å². The van der Waals surface area contributed by atoms with Crippen molar-refractivity contribution in [1.29, 1.82) is 0 Å². The molecule has 0 spiro atoms. The van der Waals surface area contributed by atoms with Crippen LogP contribution in [0.4, 0.5) is 5.82 Å². The lowest BCUT2D eigenvalue weighted by Gasteiger charge is -2.33. The van der Waals surface area contributed by atoms with Crippen molar-refractivity contribution in [2.75, 3.05) is 20.2 Å². The summed E-state index contributed by atoms with van der Waals surface area (Å²) in [5.74, 6) is 1.25. The maximum atomic E-state index is 11.9. The summed E-state index contributed by atoms with van der Waals surface area (Å²) in [5, 5.41) is 5.49. The van der Waals surface area contributed by atoms with Gasteiger partial charge in [-0.25, -0.2) is 9.67 Å². The molecule has 0 saturated heterocycles. The highest BCUT2D eigenvalue weighted by molar-refractivity contribution is 8.14. The molecule has 2 aromatic rings. The number of carbonyl (C=O) groups is 1. The number of carbonyl (C=O) groups excluding carboxylic acids is 1. The molecule has 7 nitrogen and oxygen atoms in total. The van der Waals surface area contributed by atoms with Crippen molar-refractivity contribution in [3.05, 3.63) is 41.0 Å². The molecule has 2 aliphatic rings. The van der Waals surface area contributed by atoms with Crippen LogP contribution in [0.3, 0.4) is 0 Å². The molecule has 0 fully saturated rings. The molecule has 0 aliphatic carbocycles. The van der Waals surface area contributed by atoms with Gasteiger partial charge in [-0.05, 0) is 31.5 Å². The van der Waals surface area contributed by atoms with Crippen molar-refractivity contribution < 1.29 is 9.53 Å². The van der Waals surface area contributed by atoms with Gasteiger partial charge in [-0.15, -0.1) is 0 Å². The number of fused-ring (bicyclic) bond motifs is 3. The zero-order valence-electron chi connectivity index (χ0n) is 14.9. The van der Waals surface area contributed by atoms with Gasteiger partial charge in [0.15, 0.2) is 11.0 Å². The average Bonchev–Trinajstić information content (AvgIpc) is 3.11. The monoisotopic (exact) mass is 403 g/mol. The number of hydrogen-bond acceptors (Lipinski definition) is 7. The number of rotatable bonds is 3. The zero-order valence-corrected chi connectivity index (χ0v) is 16.5. The first kappa shape index (κ1) is 18.1. The number of hydrogen-bond donors (Lipinski definition) is 0. The predicted octanol–water partition coefficient (Wildman–Crippen LogP) is 3.27. The third-order valence-electron chi connectivity index (χ3n) is 4.34. The highest BCUT2D eigenvalue weighted by Gasteiger charge is 2.33. The Morgan fingerprint density at radius 3 is 3.04 bits per heavy atom. The molecule has 9 heteroatoms. The molecule has 3 heterocycles. The van der Waals surface area contributed by atoms with Crippen molar-refractivity contribution in [3.8, 4) is 5.69 Å². The Bertz CT molecular complexity index is 955. The minimum Gasteiger partial charge on any atom is -0.468 e. The second-order valence-electron chi connectivity index (χ2n) is 6.16. The van der Waals surface area contributed by atoms with Crippen LogP contribution in [-0.2, 0) is 9.53 Å². The van der Waals surface area contributed by atoms with E-state index in [0.29, 0.717) is 10.8 Å². The standard InChI is InChI=1S/C18H18ClN5O2S/c1-11(17(25)26-2)27-18-22-16-14(15-20-7-4-8-23(15)18)10-21-24(16)13-6-3-5-12(19)9-13/h3,5-6,9-11H,4,7-8H2,1-2H3. The summed E-state index contributed by atoms with van der Waals surface area (Å²) < 4.78 is 6.60. The Balaban J connectivity index is 1.79. The van der Waals surface area contributed by atoms with Crippen LogP contribution >= 0.6 is 23.4 Å². The van der Waals surface area contributed by atoms with Gasteiger partial charge in [0.2, 0.25) is 0 Å². The van der Waals surface area contributed by atoms with Gasteiger partial charge < -0.3 is 9.64 Å². The van der Waals surface area contributed by atoms with Crippen LogP contribution in [0.1, 0.15) is 18.9 Å². The highest BCUT2D eigenvalue weighted by Crippen LogP contribution is 2.34. The highest BCUT2D eigenvalue weighted by atomic mass is 35.5. The molecule has 1 aromatic heterocycles. The van der Waals surface area contributed by atoms with Gasteiger partial charge in [-0.3, -0.25) is 9.79 Å². The number of aromatic nitrogens is 2. The molecule has 0 radical (unpaired) electrons. The summed E-state index contributed by atoms with van der Waals surface area (Å²) in [6, 6.07) is 7.45. The lowest BCUT2D eigenvalue weighted by Crippen LogP contribution is -2.42. The van der Waals surface area contributed by atoms with E-state index in [1.54, 1.807) is 10.9 Å². The third-order valence-corrected chi connectivity index (χ3v) is 5.65. The molecule has 0 saturated carbocycles. The summed E-state index contributed by atoms with van der Waals surface area (Å²) in [7, 11) is 1.39. The van der Waals surface area contributed by atoms with Crippen molar-refractivity contribution in [1.82, 2.24) is 14.7 Å². The van der Waals surface area contributed by atoms with Gasteiger partial charge in [-0.1, -0.05) is 29.4 Å². The van der Waals surface area contributed by atoms with Gasteiger partial charge in [-0.2, -0.15) is 5.10 Å². The van der Waals surface area contributed by atoms with Crippen molar-refractivity contribution >= 4 is 46.2 Å². The molecule has 140 valence electrons. The molecular formula is C18H18ClN5O2S. The Kier molecular flexibility index (Phi) is 4.92. The third kappa shape index (κ3) is 3.35. The number of nitrogens with zero attached hydrogens (tertiary/aromatic N) is 5. The normalized spacial score (nSPS) is 16.8. The Morgan fingerprint density at radius 2 is 2.26 bits per heavy atom. The van der Waals surface area contributed by atoms with Crippen molar-refractivity contribution in [2.24, 2.45) is 9.98 Å². The topological polar surface area (TPSA) is 72.1 Å². The van der Waals surface area contributed by atoms with Crippen LogP contribution < -0.4 is 0 Å². The predicted molar refractivity (Wildman–Crippen MR) is 107 cm³/mol. The maximum absolute atomic E-state index is 11.9. The Hall–Kier alpha value is -2.32. The second kappa shape index (κ2) is 7.36. The van der Waals surface area contributed by atoms with E-state index in [1.807, 2.05) is 31.2 Å². The van der Waals surface area contributed by atoms with Crippen LogP contribution in [0.5, 0.6) is 0 Å². The molecule has 27 heavy (non-hydrogen) atoms. The van der Waals surface area contributed by atoms with E-state index in [1.165, 1.54) is 18.9 Å². The number of halogens is 1. The van der Waals surface area contributed by atoms with Crippen LogP contribution in [0.2, 0.25) is 5.02 Å². The summed E-state index contributed by atoms with van der Waals surface area (Å²) in [6.45, 7) is 3.38. The number of thioether (sulfide) groups is 1. The minimum absolute atomic E-state index is 0.285. The molecule has 1 atom stereocenters. The number of benzene rings is 1. The van der Waals surface area contributed by atoms with Gasteiger partial charge >= 0.3 is 5.97 Å². The summed E-state index contributed by atoms with van der Waals surface area (Å²) >= 11 is 7.51. The molecule has 0 bridgehead atoms. The second-order valence-corrected chi connectivity index (χ2v) is 7.91. The average molecular weight is 404 g/mol. The first-order valence-corrected chi connectivity index (χ1v) is 9.83. The van der Waals surface area contributed by atoms with Crippen LogP contribution in [0.25, 0.3) is 5.69 Å². The SMILES string of the molecule is COC(=O)C(C)SC1=Nc2c(cnn2-c2cccc(Cl)c2)C2=NCCCN12. The Morgan fingerprint density at radius 1 is 1.41 bits per heavy atom. The Labute approximate surface area is 166 Å². The van der Waals surface area contributed by atoms with E-state index in [9.17, 15) is 4.79 Å². The molecule has 0 amide bonds. The minimum atomic E-state index is -0.374. The van der Waals surface area contributed by atoms with Gasteiger partial charge in [0.05, 0.1) is 24.6 Å². The van der Waals surface area contributed by atoms with Gasteiger partial charge in [0.25, 0.3) is 0 Å². The smallest absolute Gasteiger partial charge is 0.318 e. The van der Waals surface area contributed by atoms with E-state index in [2.05, 4.69) is 10.00 Å². The van der Waals surface area contributed by atoms with Crippen LogP contribution in [0.15, 0.2) is 40.4 Å². The van der Waals surface area contributed by atoms with Gasteiger partial charge in [0, 0.05) is 18.1 Å². The van der Waals surface area contributed by atoms with Crippen molar-refractivity contribution in [2.45, 2.75) is 18.6 Å². The molecule has 0 N–H and O–H groups in total. The van der Waals surface area contributed by atoms with Crippen molar-refractivity contribution in [3.63, 3.8) is 0 Å². The fourth-order valence-electron chi connectivity index (χ4n) is 3.04. The molecule has 1 unspecified atom stereocenters. The lowest BCUT2D eigenvalue weighted by atomic mass is 10.2. The number of ether oxygens (including phenoxy) is 1. The van der Waals surface area contributed by atoms with E-state index in [0.717, 1.165) is 41.8 Å². The largest absolute Gasteiger partial charge is 0.468 e. The molecule has 1 aromatic carbocycles. The zero-order chi connectivity index (χ0) is 19.0. The van der Waals surface area contributed by atoms with E-state index < -0.39 is 0 Å². The summed E-state index contributed by atoms with van der Waals surface area (Å²) in [5.41, 5.74) is 1.70. The van der Waals surface area contributed by atoms with E-state index in [-0.39, 0.29) is 11.2 Å². The number of esters is 1. The summed E-state index contributed by atoms with van der Waals surface area (Å²) in [4.78, 5) is 23.5. The molecule has 4 rings (SSSR count). The number of aliphatic imine (C=N–C) groups is 2. The van der Waals surface area contributed by atoms with Gasteiger partial charge in [0.1, 0.15) is 11.1 Å². The first-order valence-electron chi connectivity index (χ1n) is 8.58. The fourth-order valence-corrected chi connectivity index (χ4v) is 4.18. The quantitative estimate of drug-likeness (QED) is 0.735. The van der Waals surface area contributed by atoms with E-state index in [4.69, 9.17) is 26.3 Å². The van der Waals surface area contributed by atoms with E-state index >= 15 is 0 Å². The molecular weight excluding hydrogens is 386 g/mol. The summed E-state index contributed by atoms with van der Waals surface area (Å²) in [6.07, 6.45) is 2.72. The maximum Gasteiger partial charge on any atom is 0.318 e. The number of methoxy groups -OCH3 is 1. The fraction of sp³-hybridized carbons (Fsp3) is 0.333. The molecule has 2 aliphatic heterocycles.